The maximum absolute atomic E-state index is 11.1. The van der Waals surface area contributed by atoms with Gasteiger partial charge in [0.05, 0.1) is 12.1 Å². The van der Waals surface area contributed by atoms with Crippen molar-refractivity contribution in [2.24, 2.45) is 10.2 Å². The Morgan fingerprint density at radius 3 is 2.61 bits per heavy atom. The first-order valence-corrected chi connectivity index (χ1v) is 11.5. The van der Waals surface area contributed by atoms with Crippen LogP contribution < -0.4 is 10.2 Å². The zero-order chi connectivity index (χ0) is 22.8. The number of thiocarbonyl (C=S) groups is 1. The van der Waals surface area contributed by atoms with Crippen molar-refractivity contribution in [1.82, 2.24) is 4.57 Å². The van der Waals surface area contributed by atoms with Crippen LogP contribution in [0, 0.1) is 6.92 Å². The van der Waals surface area contributed by atoms with Crippen molar-refractivity contribution in [2.45, 2.75) is 26.6 Å². The van der Waals surface area contributed by atoms with E-state index in [9.17, 15) is 5.11 Å². The van der Waals surface area contributed by atoms with Gasteiger partial charge in [-0.15, -0.1) is 10.2 Å². The number of quaternary nitrogens is 1. The molecule has 3 aromatic carbocycles. The molecule has 166 valence electrons. The van der Waals surface area contributed by atoms with Gasteiger partial charge in [0.1, 0.15) is 6.54 Å². The number of nitrogens with one attached hydrogen (secondary N) is 2. The standard InChI is InChI=1S/C26H25N5OS/c1-18-8-2-6-12-22(18)27-26(33)29-28-24-21-11-5-7-13-23(21)31(25(24)32)17-30-15-14-19-9-3-4-10-20(19)16-30/h2-13,32H,14-17H2,1H3,(H,27,33)/p+1. The van der Waals surface area contributed by atoms with E-state index in [0.717, 1.165) is 41.7 Å². The Morgan fingerprint density at radius 2 is 1.76 bits per heavy atom. The number of fused-ring (bicyclic) bond motifs is 2. The number of benzene rings is 3. The number of aromatic hydroxyl groups is 1. The fraction of sp³-hybridized carbons (Fsp3) is 0.192. The minimum atomic E-state index is 0.116. The summed E-state index contributed by atoms with van der Waals surface area (Å²) in [4.78, 5) is 1.39. The zero-order valence-electron chi connectivity index (χ0n) is 18.5. The molecule has 1 aliphatic rings. The van der Waals surface area contributed by atoms with Gasteiger partial charge in [0.2, 0.25) is 11.0 Å². The molecule has 3 N–H and O–H groups in total. The van der Waals surface area contributed by atoms with Crippen LogP contribution in [0.3, 0.4) is 0 Å². The van der Waals surface area contributed by atoms with Crippen LogP contribution >= 0.6 is 12.2 Å². The molecule has 0 saturated heterocycles. The van der Waals surface area contributed by atoms with Crippen LogP contribution in [-0.2, 0) is 19.6 Å². The molecule has 0 radical (unpaired) electrons. The molecule has 0 aliphatic carbocycles. The van der Waals surface area contributed by atoms with Crippen molar-refractivity contribution in [1.29, 1.82) is 0 Å². The molecule has 0 amide bonds. The minimum Gasteiger partial charge on any atom is -0.493 e. The maximum Gasteiger partial charge on any atom is 0.225 e. The fourth-order valence-corrected chi connectivity index (χ4v) is 4.63. The summed E-state index contributed by atoms with van der Waals surface area (Å²) in [6, 6.07) is 24.4. The molecule has 1 unspecified atom stereocenters. The number of azo groups is 1. The lowest BCUT2D eigenvalue weighted by atomic mass is 10.0. The topological polar surface area (TPSA) is 66.4 Å². The third-order valence-corrected chi connectivity index (χ3v) is 6.42. The minimum absolute atomic E-state index is 0.116. The Labute approximate surface area is 198 Å². The Morgan fingerprint density at radius 1 is 1.03 bits per heavy atom. The Kier molecular flexibility index (Phi) is 5.90. The second-order valence-corrected chi connectivity index (χ2v) is 8.80. The SMILES string of the molecule is Cc1ccccc1NC(=S)N=Nc1c(O)n(C[NH+]2CCc3ccccc3C2)c2ccccc12. The molecule has 2 heterocycles. The third kappa shape index (κ3) is 4.37. The van der Waals surface area contributed by atoms with Crippen LogP contribution in [-0.4, -0.2) is 21.3 Å². The Bertz CT molecular complexity index is 1360. The fourth-order valence-electron chi connectivity index (χ4n) is 4.48. The first-order valence-electron chi connectivity index (χ1n) is 11.1. The zero-order valence-corrected chi connectivity index (χ0v) is 19.3. The van der Waals surface area contributed by atoms with Crippen LogP contribution in [0.5, 0.6) is 5.88 Å². The summed E-state index contributed by atoms with van der Waals surface area (Å²) < 4.78 is 1.94. The van der Waals surface area contributed by atoms with Gasteiger partial charge in [-0.2, -0.15) is 0 Å². The molecule has 1 aliphatic heterocycles. The van der Waals surface area contributed by atoms with E-state index in [2.05, 4.69) is 39.8 Å². The second-order valence-electron chi connectivity index (χ2n) is 8.42. The lowest BCUT2D eigenvalue weighted by molar-refractivity contribution is -0.938. The number of anilines is 1. The number of hydrogen-bond acceptors (Lipinski definition) is 3. The lowest BCUT2D eigenvalue weighted by Gasteiger charge is -2.26. The van der Waals surface area contributed by atoms with Gasteiger partial charge in [-0.1, -0.05) is 60.7 Å². The summed E-state index contributed by atoms with van der Waals surface area (Å²) in [6.07, 6.45) is 1.04. The highest BCUT2D eigenvalue weighted by Gasteiger charge is 2.23. The van der Waals surface area contributed by atoms with Gasteiger partial charge in [0.25, 0.3) is 0 Å². The highest BCUT2D eigenvalue weighted by atomic mass is 32.1. The summed E-state index contributed by atoms with van der Waals surface area (Å²) in [6.45, 7) is 4.61. The summed E-state index contributed by atoms with van der Waals surface area (Å²) >= 11 is 5.37. The smallest absolute Gasteiger partial charge is 0.225 e. The predicted molar refractivity (Wildman–Crippen MR) is 135 cm³/mol. The summed E-state index contributed by atoms with van der Waals surface area (Å²) in [5.41, 5.74) is 6.14. The van der Waals surface area contributed by atoms with Crippen molar-refractivity contribution < 1.29 is 10.0 Å². The molecule has 6 nitrogen and oxygen atoms in total. The number of para-hydroxylation sites is 2. The molecule has 0 bridgehead atoms. The molecule has 5 rings (SSSR count). The molecule has 0 fully saturated rings. The van der Waals surface area contributed by atoms with Gasteiger partial charge in [-0.05, 0) is 42.4 Å². The average Bonchev–Trinajstić information content (AvgIpc) is 3.10. The van der Waals surface area contributed by atoms with Crippen molar-refractivity contribution in [3.63, 3.8) is 0 Å². The summed E-state index contributed by atoms with van der Waals surface area (Å²) in [5.74, 6) is 0.116. The number of nitrogens with zero attached hydrogens (tertiary/aromatic N) is 3. The number of aromatic nitrogens is 1. The van der Waals surface area contributed by atoms with E-state index < -0.39 is 0 Å². The van der Waals surface area contributed by atoms with Crippen molar-refractivity contribution in [2.75, 3.05) is 11.9 Å². The maximum atomic E-state index is 11.1. The molecule has 0 saturated carbocycles. The molecule has 33 heavy (non-hydrogen) atoms. The van der Waals surface area contributed by atoms with Crippen molar-refractivity contribution in [3.05, 3.63) is 89.5 Å². The lowest BCUT2D eigenvalue weighted by Crippen LogP contribution is -3.11. The number of rotatable bonds is 4. The van der Waals surface area contributed by atoms with E-state index in [1.165, 1.54) is 16.0 Å². The van der Waals surface area contributed by atoms with Crippen LogP contribution in [0.4, 0.5) is 11.4 Å². The normalized spacial score (nSPS) is 15.6. The Balaban J connectivity index is 1.40. The highest BCUT2D eigenvalue weighted by Crippen LogP contribution is 2.38. The van der Waals surface area contributed by atoms with E-state index in [4.69, 9.17) is 12.2 Å². The van der Waals surface area contributed by atoms with Crippen LogP contribution in [0.1, 0.15) is 16.7 Å². The monoisotopic (exact) mass is 456 g/mol. The molecular formula is C26H26N5OS+. The van der Waals surface area contributed by atoms with E-state index in [1.807, 2.05) is 60.0 Å². The van der Waals surface area contributed by atoms with E-state index >= 15 is 0 Å². The third-order valence-electron chi connectivity index (χ3n) is 6.23. The van der Waals surface area contributed by atoms with Crippen LogP contribution in [0.2, 0.25) is 0 Å². The predicted octanol–water partition coefficient (Wildman–Crippen LogP) is 4.73. The van der Waals surface area contributed by atoms with E-state index in [1.54, 1.807) is 0 Å². The molecular weight excluding hydrogens is 430 g/mol. The first kappa shape index (κ1) is 21.3. The van der Waals surface area contributed by atoms with Gasteiger partial charge in [0, 0.05) is 23.1 Å². The van der Waals surface area contributed by atoms with Gasteiger partial charge in [0.15, 0.2) is 12.4 Å². The van der Waals surface area contributed by atoms with E-state index in [-0.39, 0.29) is 11.0 Å². The van der Waals surface area contributed by atoms with Gasteiger partial charge < -0.3 is 15.3 Å². The van der Waals surface area contributed by atoms with Crippen molar-refractivity contribution in [3.8, 4) is 5.88 Å². The number of hydrogen-bond donors (Lipinski definition) is 3. The van der Waals surface area contributed by atoms with Gasteiger partial charge in [-0.25, -0.2) is 0 Å². The molecule has 4 aromatic rings. The summed E-state index contributed by atoms with van der Waals surface area (Å²) in [7, 11) is 0. The van der Waals surface area contributed by atoms with E-state index in [0.29, 0.717) is 12.4 Å². The Hall–Kier alpha value is -3.55. The van der Waals surface area contributed by atoms with Crippen molar-refractivity contribution >= 4 is 39.6 Å². The molecule has 0 spiro atoms. The second kappa shape index (κ2) is 9.13. The number of aryl methyl sites for hydroxylation is 1. The largest absolute Gasteiger partial charge is 0.493 e. The van der Waals surface area contributed by atoms with Gasteiger partial charge in [-0.3, -0.25) is 4.57 Å². The quantitative estimate of drug-likeness (QED) is 0.307. The summed E-state index contributed by atoms with van der Waals surface area (Å²) in [5, 5.41) is 23.9. The van der Waals surface area contributed by atoms with Crippen LogP contribution in [0.25, 0.3) is 10.9 Å². The molecule has 7 heteroatoms. The highest BCUT2D eigenvalue weighted by molar-refractivity contribution is 7.80. The molecule has 1 atom stereocenters. The average molecular weight is 457 g/mol. The van der Waals surface area contributed by atoms with Gasteiger partial charge >= 0.3 is 0 Å². The van der Waals surface area contributed by atoms with Crippen LogP contribution in [0.15, 0.2) is 83.0 Å². The molecule has 1 aromatic heterocycles. The first-order chi connectivity index (χ1) is 16.1.